The molecule has 0 aliphatic heterocycles. The van der Waals surface area contributed by atoms with Gasteiger partial charge < -0.3 is 11.1 Å². The SMILES string of the molecule is Cc1cc(C)c(NC(=O)c2ccc(F)cc2N)c(C)c1. The van der Waals surface area contributed by atoms with Gasteiger partial charge in [0.15, 0.2) is 0 Å². The number of rotatable bonds is 2. The Labute approximate surface area is 117 Å². The van der Waals surface area contributed by atoms with E-state index in [0.29, 0.717) is 0 Å². The van der Waals surface area contributed by atoms with Crippen LogP contribution in [0.15, 0.2) is 30.3 Å². The second-order valence-corrected chi connectivity index (χ2v) is 4.96. The molecule has 0 fully saturated rings. The van der Waals surface area contributed by atoms with Gasteiger partial charge in [0.05, 0.1) is 5.56 Å². The summed E-state index contributed by atoms with van der Waals surface area (Å²) >= 11 is 0. The molecule has 0 bridgehead atoms. The van der Waals surface area contributed by atoms with Crippen molar-refractivity contribution in [3.8, 4) is 0 Å². The number of halogens is 1. The smallest absolute Gasteiger partial charge is 0.257 e. The topological polar surface area (TPSA) is 55.1 Å². The number of amides is 1. The van der Waals surface area contributed by atoms with E-state index in [1.807, 2.05) is 32.9 Å². The van der Waals surface area contributed by atoms with Crippen molar-refractivity contribution >= 4 is 17.3 Å². The van der Waals surface area contributed by atoms with Crippen LogP contribution < -0.4 is 11.1 Å². The first-order valence-corrected chi connectivity index (χ1v) is 6.32. The van der Waals surface area contributed by atoms with Gasteiger partial charge in [0, 0.05) is 11.4 Å². The Morgan fingerprint density at radius 1 is 1.10 bits per heavy atom. The molecule has 0 aliphatic rings. The number of hydrogen-bond acceptors (Lipinski definition) is 2. The van der Waals surface area contributed by atoms with Crippen molar-refractivity contribution < 1.29 is 9.18 Å². The fourth-order valence-electron chi connectivity index (χ4n) is 2.30. The molecule has 0 spiro atoms. The zero-order valence-electron chi connectivity index (χ0n) is 11.8. The van der Waals surface area contributed by atoms with E-state index in [4.69, 9.17) is 5.73 Å². The van der Waals surface area contributed by atoms with E-state index in [9.17, 15) is 9.18 Å². The number of nitrogen functional groups attached to an aromatic ring is 1. The summed E-state index contributed by atoms with van der Waals surface area (Å²) in [5, 5.41) is 2.84. The summed E-state index contributed by atoms with van der Waals surface area (Å²) in [5.41, 5.74) is 9.95. The highest BCUT2D eigenvalue weighted by molar-refractivity contribution is 6.08. The van der Waals surface area contributed by atoms with Crippen molar-refractivity contribution in [3.05, 3.63) is 58.4 Å². The van der Waals surface area contributed by atoms with Crippen LogP contribution in [-0.4, -0.2) is 5.91 Å². The first-order valence-electron chi connectivity index (χ1n) is 6.32. The van der Waals surface area contributed by atoms with Gasteiger partial charge in [0.25, 0.3) is 5.91 Å². The maximum atomic E-state index is 13.0. The van der Waals surface area contributed by atoms with E-state index in [2.05, 4.69) is 5.32 Å². The minimum atomic E-state index is -0.457. The van der Waals surface area contributed by atoms with Gasteiger partial charge in [-0.2, -0.15) is 0 Å². The van der Waals surface area contributed by atoms with Crippen LogP contribution in [-0.2, 0) is 0 Å². The monoisotopic (exact) mass is 272 g/mol. The van der Waals surface area contributed by atoms with Crippen molar-refractivity contribution in [1.29, 1.82) is 0 Å². The third kappa shape index (κ3) is 2.79. The fourth-order valence-corrected chi connectivity index (χ4v) is 2.30. The third-order valence-corrected chi connectivity index (χ3v) is 3.17. The van der Waals surface area contributed by atoms with E-state index in [0.717, 1.165) is 28.4 Å². The largest absolute Gasteiger partial charge is 0.398 e. The Balaban J connectivity index is 2.33. The van der Waals surface area contributed by atoms with Gasteiger partial charge in [-0.25, -0.2) is 4.39 Å². The highest BCUT2D eigenvalue weighted by Gasteiger charge is 2.13. The second kappa shape index (κ2) is 5.33. The number of carbonyl (C=O) groups excluding carboxylic acids is 1. The third-order valence-electron chi connectivity index (χ3n) is 3.17. The number of benzene rings is 2. The van der Waals surface area contributed by atoms with Gasteiger partial charge in [0.2, 0.25) is 0 Å². The molecule has 0 radical (unpaired) electrons. The molecule has 4 heteroatoms. The highest BCUT2D eigenvalue weighted by atomic mass is 19.1. The number of hydrogen-bond donors (Lipinski definition) is 2. The molecular formula is C16H17FN2O. The van der Waals surface area contributed by atoms with E-state index < -0.39 is 5.82 Å². The second-order valence-electron chi connectivity index (χ2n) is 4.96. The van der Waals surface area contributed by atoms with E-state index in [1.165, 1.54) is 12.1 Å². The van der Waals surface area contributed by atoms with Crippen molar-refractivity contribution in [2.45, 2.75) is 20.8 Å². The molecule has 2 rings (SSSR count). The predicted molar refractivity (Wildman–Crippen MR) is 79.4 cm³/mol. The number of aryl methyl sites for hydroxylation is 3. The summed E-state index contributed by atoms with van der Waals surface area (Å²) in [6.07, 6.45) is 0. The molecule has 3 nitrogen and oxygen atoms in total. The number of carbonyl (C=O) groups is 1. The van der Waals surface area contributed by atoms with Gasteiger partial charge in [-0.05, 0) is 50.1 Å². The summed E-state index contributed by atoms with van der Waals surface area (Å²) in [5.74, 6) is -0.792. The first-order chi connectivity index (χ1) is 9.38. The molecule has 0 heterocycles. The number of nitrogens with two attached hydrogens (primary N) is 1. The van der Waals surface area contributed by atoms with E-state index in [1.54, 1.807) is 0 Å². The molecule has 3 N–H and O–H groups in total. The van der Waals surface area contributed by atoms with Crippen LogP contribution in [0.4, 0.5) is 15.8 Å². The van der Waals surface area contributed by atoms with Crippen molar-refractivity contribution in [3.63, 3.8) is 0 Å². The minimum absolute atomic E-state index is 0.130. The van der Waals surface area contributed by atoms with Crippen LogP contribution in [0.5, 0.6) is 0 Å². The quantitative estimate of drug-likeness (QED) is 0.821. The normalized spacial score (nSPS) is 10.4. The average molecular weight is 272 g/mol. The van der Waals surface area contributed by atoms with E-state index in [-0.39, 0.29) is 17.2 Å². The lowest BCUT2D eigenvalue weighted by Crippen LogP contribution is -2.15. The summed E-state index contributed by atoms with van der Waals surface area (Å²) < 4.78 is 13.0. The summed E-state index contributed by atoms with van der Waals surface area (Å²) in [4.78, 5) is 12.2. The molecule has 2 aromatic carbocycles. The standard InChI is InChI=1S/C16H17FN2O/c1-9-6-10(2)15(11(3)7-9)19-16(20)13-5-4-12(17)8-14(13)18/h4-8H,18H2,1-3H3,(H,19,20). The molecule has 0 saturated heterocycles. The summed E-state index contributed by atoms with van der Waals surface area (Å²) in [6.45, 7) is 5.87. The van der Waals surface area contributed by atoms with Crippen LogP contribution in [0.2, 0.25) is 0 Å². The Morgan fingerprint density at radius 2 is 1.70 bits per heavy atom. The number of anilines is 2. The van der Waals surface area contributed by atoms with E-state index >= 15 is 0 Å². The lowest BCUT2D eigenvalue weighted by molar-refractivity contribution is 0.102. The van der Waals surface area contributed by atoms with Gasteiger partial charge >= 0.3 is 0 Å². The molecule has 2 aromatic rings. The van der Waals surface area contributed by atoms with Crippen LogP contribution >= 0.6 is 0 Å². The summed E-state index contributed by atoms with van der Waals surface area (Å²) in [7, 11) is 0. The molecule has 1 amide bonds. The van der Waals surface area contributed by atoms with Gasteiger partial charge in [-0.1, -0.05) is 17.7 Å². The fraction of sp³-hybridized carbons (Fsp3) is 0.188. The van der Waals surface area contributed by atoms with Crippen molar-refractivity contribution in [2.24, 2.45) is 0 Å². The molecule has 0 unspecified atom stereocenters. The van der Waals surface area contributed by atoms with Crippen LogP contribution in [0.1, 0.15) is 27.0 Å². The molecular weight excluding hydrogens is 255 g/mol. The van der Waals surface area contributed by atoms with Crippen LogP contribution in [0.3, 0.4) is 0 Å². The Kier molecular flexibility index (Phi) is 3.74. The Morgan fingerprint density at radius 3 is 2.25 bits per heavy atom. The summed E-state index contributed by atoms with van der Waals surface area (Å²) in [6, 6.07) is 7.75. The lowest BCUT2D eigenvalue weighted by Gasteiger charge is -2.13. The van der Waals surface area contributed by atoms with Crippen molar-refractivity contribution in [2.75, 3.05) is 11.1 Å². The zero-order chi connectivity index (χ0) is 14.9. The molecule has 0 saturated carbocycles. The van der Waals surface area contributed by atoms with Crippen LogP contribution in [0.25, 0.3) is 0 Å². The van der Waals surface area contributed by atoms with Gasteiger partial charge in [0.1, 0.15) is 5.82 Å². The average Bonchev–Trinajstić information content (AvgIpc) is 2.33. The minimum Gasteiger partial charge on any atom is -0.398 e. The molecule has 0 aliphatic carbocycles. The maximum Gasteiger partial charge on any atom is 0.257 e. The van der Waals surface area contributed by atoms with Crippen LogP contribution in [0, 0.1) is 26.6 Å². The van der Waals surface area contributed by atoms with Gasteiger partial charge in [-0.3, -0.25) is 4.79 Å². The Bertz CT molecular complexity index is 657. The molecule has 104 valence electrons. The first kappa shape index (κ1) is 14.1. The maximum absolute atomic E-state index is 13.0. The Hall–Kier alpha value is -2.36. The molecule has 0 atom stereocenters. The number of nitrogens with one attached hydrogen (secondary N) is 1. The molecule has 0 aromatic heterocycles. The highest BCUT2D eigenvalue weighted by Crippen LogP contribution is 2.23. The van der Waals surface area contributed by atoms with Crippen molar-refractivity contribution in [1.82, 2.24) is 0 Å². The lowest BCUT2D eigenvalue weighted by atomic mass is 10.0. The zero-order valence-corrected chi connectivity index (χ0v) is 11.8. The predicted octanol–water partition coefficient (Wildman–Crippen LogP) is 3.59. The van der Waals surface area contributed by atoms with Gasteiger partial charge in [-0.15, -0.1) is 0 Å². The molecule has 20 heavy (non-hydrogen) atoms.